The number of Topliss-reactive ketones (excluding diaryl/α,β-unsaturated/α-hetero) is 1. The normalized spacial score (nSPS) is 40.5. The van der Waals surface area contributed by atoms with Gasteiger partial charge in [0.25, 0.3) is 0 Å². The van der Waals surface area contributed by atoms with Crippen LogP contribution in [0.15, 0.2) is 0 Å². The molecule has 2 aliphatic heterocycles. The van der Waals surface area contributed by atoms with Gasteiger partial charge in [-0.2, -0.15) is 11.8 Å². The van der Waals surface area contributed by atoms with Gasteiger partial charge in [-0.25, -0.2) is 0 Å². The zero-order valence-electron chi connectivity index (χ0n) is 12.6. The molecule has 2 saturated heterocycles. The maximum Gasteiger partial charge on any atom is 0.140 e. The molecule has 3 rings (SSSR count). The number of thioether (sulfide) groups is 1. The van der Waals surface area contributed by atoms with Gasteiger partial charge in [0.1, 0.15) is 5.78 Å². The Morgan fingerprint density at radius 3 is 2.42 bits per heavy atom. The standard InChI is InChI=1S/C16H26O2S/c1-14(2)13(15(14,3)4)12(17)11-5-7-18-16(9-11)6-8-19-10-16/h11,13H,5-10H2,1-4H3. The number of carbonyl (C=O) groups excluding carboxylic acids is 1. The molecule has 3 fully saturated rings. The fourth-order valence-electron chi connectivity index (χ4n) is 4.28. The van der Waals surface area contributed by atoms with E-state index in [1.54, 1.807) is 0 Å². The van der Waals surface area contributed by atoms with E-state index in [1.807, 2.05) is 11.8 Å². The van der Waals surface area contributed by atoms with Gasteiger partial charge in [0, 0.05) is 24.2 Å². The fourth-order valence-corrected chi connectivity index (χ4v) is 5.66. The van der Waals surface area contributed by atoms with Gasteiger partial charge < -0.3 is 4.74 Å². The van der Waals surface area contributed by atoms with Crippen molar-refractivity contribution in [1.29, 1.82) is 0 Å². The van der Waals surface area contributed by atoms with Crippen LogP contribution >= 0.6 is 11.8 Å². The Morgan fingerprint density at radius 2 is 1.89 bits per heavy atom. The van der Waals surface area contributed by atoms with Crippen LogP contribution in [0.5, 0.6) is 0 Å². The molecular formula is C16H26O2S. The minimum Gasteiger partial charge on any atom is -0.374 e. The quantitative estimate of drug-likeness (QED) is 0.775. The van der Waals surface area contributed by atoms with Crippen molar-refractivity contribution < 1.29 is 9.53 Å². The van der Waals surface area contributed by atoms with Gasteiger partial charge in [-0.3, -0.25) is 4.79 Å². The number of carbonyl (C=O) groups is 1. The summed E-state index contributed by atoms with van der Waals surface area (Å²) in [4.78, 5) is 12.9. The summed E-state index contributed by atoms with van der Waals surface area (Å²) >= 11 is 1.98. The summed E-state index contributed by atoms with van der Waals surface area (Å²) in [5, 5.41) is 0. The zero-order chi connectivity index (χ0) is 13.9. The molecule has 1 saturated carbocycles. The highest BCUT2D eigenvalue weighted by molar-refractivity contribution is 7.99. The van der Waals surface area contributed by atoms with E-state index in [0.717, 1.165) is 31.6 Å². The van der Waals surface area contributed by atoms with Crippen LogP contribution in [0.2, 0.25) is 0 Å². The smallest absolute Gasteiger partial charge is 0.140 e. The van der Waals surface area contributed by atoms with Gasteiger partial charge in [0.05, 0.1) is 5.60 Å². The highest BCUT2D eigenvalue weighted by Crippen LogP contribution is 2.69. The third-order valence-electron chi connectivity index (χ3n) is 6.27. The molecule has 0 aromatic carbocycles. The van der Waals surface area contributed by atoms with Crippen molar-refractivity contribution in [2.45, 2.75) is 52.6 Å². The Kier molecular flexibility index (Phi) is 3.11. The van der Waals surface area contributed by atoms with Crippen LogP contribution in [0.3, 0.4) is 0 Å². The molecule has 0 bridgehead atoms. The molecule has 19 heavy (non-hydrogen) atoms. The highest BCUT2D eigenvalue weighted by Gasteiger charge is 2.68. The summed E-state index contributed by atoms with van der Waals surface area (Å²) in [7, 11) is 0. The van der Waals surface area contributed by atoms with Gasteiger partial charge in [0.2, 0.25) is 0 Å². The van der Waals surface area contributed by atoms with Crippen LogP contribution in [0, 0.1) is 22.7 Å². The van der Waals surface area contributed by atoms with Gasteiger partial charge in [-0.1, -0.05) is 27.7 Å². The largest absolute Gasteiger partial charge is 0.374 e. The number of ether oxygens (including phenoxy) is 1. The average molecular weight is 282 g/mol. The maximum atomic E-state index is 12.9. The fraction of sp³-hybridized carbons (Fsp3) is 0.938. The molecule has 0 N–H and O–H groups in total. The predicted molar refractivity (Wildman–Crippen MR) is 79.4 cm³/mol. The lowest BCUT2D eigenvalue weighted by molar-refractivity contribution is -0.136. The average Bonchev–Trinajstić information content (AvgIpc) is 2.68. The maximum absolute atomic E-state index is 12.9. The Balaban J connectivity index is 1.71. The molecule has 0 radical (unpaired) electrons. The van der Waals surface area contributed by atoms with Gasteiger partial charge in [0.15, 0.2) is 0 Å². The first-order valence-corrected chi connectivity index (χ1v) is 8.71. The first-order chi connectivity index (χ1) is 8.80. The molecule has 3 heteroatoms. The second kappa shape index (κ2) is 4.24. The summed E-state index contributed by atoms with van der Waals surface area (Å²) in [5.41, 5.74) is 0.395. The third kappa shape index (κ3) is 1.99. The van der Waals surface area contributed by atoms with Crippen LogP contribution in [-0.2, 0) is 9.53 Å². The molecule has 2 heterocycles. The first-order valence-electron chi connectivity index (χ1n) is 7.56. The number of rotatable bonds is 2. The van der Waals surface area contributed by atoms with Crippen molar-refractivity contribution in [2.75, 3.05) is 18.1 Å². The second-order valence-corrected chi connectivity index (χ2v) is 8.91. The van der Waals surface area contributed by atoms with E-state index in [4.69, 9.17) is 4.74 Å². The molecule has 3 aliphatic rings. The van der Waals surface area contributed by atoms with Gasteiger partial charge in [-0.15, -0.1) is 0 Å². The van der Waals surface area contributed by atoms with E-state index in [9.17, 15) is 4.79 Å². The summed E-state index contributed by atoms with van der Waals surface area (Å²) in [6.45, 7) is 9.77. The Hall–Kier alpha value is -0.0200. The summed E-state index contributed by atoms with van der Waals surface area (Å²) in [5.74, 6) is 3.32. The number of ketones is 1. The lowest BCUT2D eigenvalue weighted by Crippen LogP contribution is -2.42. The first kappa shape index (κ1) is 13.9. The van der Waals surface area contributed by atoms with Crippen molar-refractivity contribution in [3.8, 4) is 0 Å². The molecule has 0 aromatic heterocycles. The van der Waals surface area contributed by atoms with Crippen molar-refractivity contribution in [3.63, 3.8) is 0 Å². The molecule has 108 valence electrons. The lowest BCUT2D eigenvalue weighted by atomic mass is 9.80. The van der Waals surface area contributed by atoms with E-state index < -0.39 is 0 Å². The molecule has 1 spiro atoms. The monoisotopic (exact) mass is 282 g/mol. The number of hydrogen-bond donors (Lipinski definition) is 0. The summed E-state index contributed by atoms with van der Waals surface area (Å²) < 4.78 is 6.04. The zero-order valence-corrected chi connectivity index (χ0v) is 13.4. The molecule has 0 amide bonds. The third-order valence-corrected chi connectivity index (χ3v) is 7.49. The molecule has 2 atom stereocenters. The van der Waals surface area contributed by atoms with Crippen molar-refractivity contribution in [2.24, 2.45) is 22.7 Å². The molecule has 1 aliphatic carbocycles. The van der Waals surface area contributed by atoms with E-state index >= 15 is 0 Å². The Labute approximate surface area is 121 Å². The Morgan fingerprint density at radius 1 is 1.21 bits per heavy atom. The minimum absolute atomic E-state index is 0.0341. The number of hydrogen-bond acceptors (Lipinski definition) is 3. The van der Waals surface area contributed by atoms with Gasteiger partial charge >= 0.3 is 0 Å². The second-order valence-electron chi connectivity index (χ2n) is 7.80. The summed E-state index contributed by atoms with van der Waals surface area (Å²) in [6.07, 6.45) is 3.05. The summed E-state index contributed by atoms with van der Waals surface area (Å²) in [6, 6.07) is 0. The van der Waals surface area contributed by atoms with E-state index in [-0.39, 0.29) is 28.3 Å². The highest BCUT2D eigenvalue weighted by atomic mass is 32.2. The van der Waals surface area contributed by atoms with E-state index in [0.29, 0.717) is 5.78 Å². The van der Waals surface area contributed by atoms with Crippen molar-refractivity contribution >= 4 is 17.5 Å². The predicted octanol–water partition coefficient (Wildman–Crippen LogP) is 3.54. The van der Waals surface area contributed by atoms with E-state index in [1.165, 1.54) is 5.75 Å². The van der Waals surface area contributed by atoms with Crippen LogP contribution in [0.25, 0.3) is 0 Å². The molecular weight excluding hydrogens is 256 g/mol. The van der Waals surface area contributed by atoms with Crippen molar-refractivity contribution in [1.82, 2.24) is 0 Å². The SMILES string of the molecule is CC1(C)C(C(=O)C2CCOC3(CCSC3)C2)C1(C)C. The minimum atomic E-state index is 0.0341. The van der Waals surface area contributed by atoms with Crippen LogP contribution in [0.1, 0.15) is 47.0 Å². The topological polar surface area (TPSA) is 26.3 Å². The lowest BCUT2D eigenvalue weighted by Gasteiger charge is -2.37. The van der Waals surface area contributed by atoms with Crippen LogP contribution in [0.4, 0.5) is 0 Å². The molecule has 0 aromatic rings. The van der Waals surface area contributed by atoms with Crippen LogP contribution < -0.4 is 0 Å². The van der Waals surface area contributed by atoms with Crippen LogP contribution in [-0.4, -0.2) is 29.5 Å². The van der Waals surface area contributed by atoms with E-state index in [2.05, 4.69) is 27.7 Å². The van der Waals surface area contributed by atoms with Gasteiger partial charge in [-0.05, 0) is 35.8 Å². The molecule has 2 nitrogen and oxygen atoms in total. The van der Waals surface area contributed by atoms with Crippen molar-refractivity contribution in [3.05, 3.63) is 0 Å². The Bertz CT molecular complexity index is 380. The molecule has 2 unspecified atom stereocenters.